The van der Waals surface area contributed by atoms with Crippen molar-refractivity contribution in [2.24, 2.45) is 0 Å². The van der Waals surface area contributed by atoms with Gasteiger partial charge in [-0.2, -0.15) is 4.98 Å². The third-order valence-corrected chi connectivity index (χ3v) is 3.80. The fraction of sp³-hybridized carbons (Fsp3) is 0.150. The molecule has 6 heteroatoms. The maximum atomic E-state index is 11.7. The first-order valence-corrected chi connectivity index (χ1v) is 8.19. The van der Waals surface area contributed by atoms with Crippen LogP contribution in [0.15, 0.2) is 54.6 Å². The molecule has 3 aromatic rings. The summed E-state index contributed by atoms with van der Waals surface area (Å²) in [6.45, 7) is 3.94. The molecule has 132 valence electrons. The van der Waals surface area contributed by atoms with Gasteiger partial charge in [0.1, 0.15) is 5.82 Å². The van der Waals surface area contributed by atoms with Gasteiger partial charge < -0.3 is 15.4 Å². The van der Waals surface area contributed by atoms with Crippen molar-refractivity contribution in [3.8, 4) is 0 Å². The minimum atomic E-state index is -0.388. The van der Waals surface area contributed by atoms with Crippen LogP contribution in [0.3, 0.4) is 0 Å². The molecule has 0 atom stereocenters. The molecule has 0 amide bonds. The number of nitrogens with zero attached hydrogens (tertiary/aromatic N) is 2. The molecule has 0 aliphatic rings. The van der Waals surface area contributed by atoms with Crippen LogP contribution in [0, 0.1) is 13.8 Å². The summed E-state index contributed by atoms with van der Waals surface area (Å²) >= 11 is 0. The number of esters is 1. The van der Waals surface area contributed by atoms with Crippen molar-refractivity contribution in [1.29, 1.82) is 0 Å². The van der Waals surface area contributed by atoms with E-state index < -0.39 is 0 Å². The molecule has 6 nitrogen and oxygen atoms in total. The van der Waals surface area contributed by atoms with E-state index in [2.05, 4.69) is 20.6 Å². The Morgan fingerprint density at radius 3 is 2.54 bits per heavy atom. The van der Waals surface area contributed by atoms with Gasteiger partial charge in [0.2, 0.25) is 5.95 Å². The average molecular weight is 348 g/mol. The van der Waals surface area contributed by atoms with E-state index in [0.717, 1.165) is 16.9 Å². The summed E-state index contributed by atoms with van der Waals surface area (Å²) < 4.78 is 4.75. The Bertz CT molecular complexity index is 941. The van der Waals surface area contributed by atoms with Crippen molar-refractivity contribution in [2.75, 3.05) is 17.7 Å². The number of aromatic nitrogens is 2. The number of anilines is 4. The fourth-order valence-electron chi connectivity index (χ4n) is 2.51. The van der Waals surface area contributed by atoms with Crippen LogP contribution in [0.25, 0.3) is 0 Å². The molecule has 0 radical (unpaired) electrons. The van der Waals surface area contributed by atoms with Crippen LogP contribution in [-0.4, -0.2) is 23.0 Å². The summed E-state index contributed by atoms with van der Waals surface area (Å²) in [6, 6.07) is 16.9. The topological polar surface area (TPSA) is 76.1 Å². The molecule has 0 aliphatic carbocycles. The van der Waals surface area contributed by atoms with Gasteiger partial charge in [-0.3, -0.25) is 0 Å². The molecule has 0 unspecified atom stereocenters. The second-order valence-electron chi connectivity index (χ2n) is 5.86. The first-order chi connectivity index (χ1) is 12.5. The second kappa shape index (κ2) is 7.65. The van der Waals surface area contributed by atoms with Gasteiger partial charge in [0.15, 0.2) is 0 Å². The van der Waals surface area contributed by atoms with Gasteiger partial charge in [-0.25, -0.2) is 9.78 Å². The minimum absolute atomic E-state index is 0.388. The molecule has 26 heavy (non-hydrogen) atoms. The summed E-state index contributed by atoms with van der Waals surface area (Å²) in [5.41, 5.74) is 4.11. The zero-order chi connectivity index (χ0) is 18.5. The lowest BCUT2D eigenvalue weighted by Crippen LogP contribution is -2.04. The van der Waals surface area contributed by atoms with E-state index in [1.54, 1.807) is 18.2 Å². The molecule has 1 aromatic heterocycles. The number of carbonyl (C=O) groups excluding carboxylic acids is 1. The summed E-state index contributed by atoms with van der Waals surface area (Å²) in [5.74, 6) is 0.752. The molecular weight excluding hydrogens is 328 g/mol. The third kappa shape index (κ3) is 4.16. The molecule has 0 aliphatic heterocycles. The van der Waals surface area contributed by atoms with E-state index in [4.69, 9.17) is 4.74 Å². The average Bonchev–Trinajstić information content (AvgIpc) is 2.63. The summed E-state index contributed by atoms with van der Waals surface area (Å²) in [6.07, 6.45) is 0. The lowest BCUT2D eigenvalue weighted by atomic mass is 10.2. The Morgan fingerprint density at radius 1 is 0.962 bits per heavy atom. The first kappa shape index (κ1) is 17.4. The fourth-order valence-corrected chi connectivity index (χ4v) is 2.51. The van der Waals surface area contributed by atoms with E-state index in [0.29, 0.717) is 23.0 Å². The Morgan fingerprint density at radius 2 is 1.77 bits per heavy atom. The number of benzene rings is 2. The van der Waals surface area contributed by atoms with Crippen LogP contribution in [0.4, 0.5) is 23.1 Å². The Labute approximate surface area is 152 Å². The van der Waals surface area contributed by atoms with Crippen molar-refractivity contribution in [3.05, 3.63) is 71.4 Å². The van der Waals surface area contributed by atoms with Gasteiger partial charge in [0.25, 0.3) is 0 Å². The molecule has 0 spiro atoms. The third-order valence-electron chi connectivity index (χ3n) is 3.80. The summed E-state index contributed by atoms with van der Waals surface area (Å²) in [7, 11) is 1.36. The number of aryl methyl sites for hydroxylation is 2. The number of hydrogen-bond acceptors (Lipinski definition) is 6. The molecule has 3 rings (SSSR count). The van der Waals surface area contributed by atoms with Crippen LogP contribution in [0.1, 0.15) is 21.6 Å². The molecule has 0 fully saturated rings. The Hall–Kier alpha value is -3.41. The number of carbonyl (C=O) groups is 1. The summed E-state index contributed by atoms with van der Waals surface area (Å²) in [5, 5.41) is 6.45. The number of rotatable bonds is 5. The van der Waals surface area contributed by atoms with Gasteiger partial charge in [-0.15, -0.1) is 0 Å². The maximum Gasteiger partial charge on any atom is 0.337 e. The molecule has 2 N–H and O–H groups in total. The SMILES string of the molecule is COC(=O)c1cccc(Nc2nc(C)cc(Nc3ccccc3C)n2)c1. The van der Waals surface area contributed by atoms with Crippen molar-refractivity contribution in [2.45, 2.75) is 13.8 Å². The highest BCUT2D eigenvalue weighted by atomic mass is 16.5. The largest absolute Gasteiger partial charge is 0.465 e. The molecular formula is C20H20N4O2. The molecule has 0 saturated heterocycles. The molecule has 0 saturated carbocycles. The normalized spacial score (nSPS) is 10.3. The van der Waals surface area contributed by atoms with E-state index in [9.17, 15) is 4.79 Å². The number of para-hydroxylation sites is 1. The second-order valence-corrected chi connectivity index (χ2v) is 5.86. The van der Waals surface area contributed by atoms with Crippen molar-refractivity contribution >= 4 is 29.1 Å². The van der Waals surface area contributed by atoms with Crippen LogP contribution < -0.4 is 10.6 Å². The number of ether oxygens (including phenoxy) is 1. The lowest BCUT2D eigenvalue weighted by Gasteiger charge is -2.12. The van der Waals surface area contributed by atoms with Crippen LogP contribution in [0.5, 0.6) is 0 Å². The number of methoxy groups -OCH3 is 1. The summed E-state index contributed by atoms with van der Waals surface area (Å²) in [4.78, 5) is 20.6. The van der Waals surface area contributed by atoms with E-state index in [-0.39, 0.29) is 5.97 Å². The quantitative estimate of drug-likeness (QED) is 0.667. The minimum Gasteiger partial charge on any atom is -0.465 e. The highest BCUT2D eigenvalue weighted by molar-refractivity contribution is 5.90. The van der Waals surface area contributed by atoms with Gasteiger partial charge in [0.05, 0.1) is 12.7 Å². The van der Waals surface area contributed by atoms with Crippen LogP contribution in [-0.2, 0) is 4.74 Å². The number of hydrogen-bond donors (Lipinski definition) is 2. The molecule has 0 bridgehead atoms. The maximum absolute atomic E-state index is 11.7. The predicted octanol–water partition coefficient (Wildman–Crippen LogP) is 4.37. The highest BCUT2D eigenvalue weighted by Gasteiger charge is 2.08. The monoisotopic (exact) mass is 348 g/mol. The van der Waals surface area contributed by atoms with Crippen molar-refractivity contribution in [1.82, 2.24) is 9.97 Å². The van der Waals surface area contributed by atoms with Crippen LogP contribution >= 0.6 is 0 Å². The number of nitrogens with one attached hydrogen (secondary N) is 2. The van der Waals surface area contributed by atoms with Gasteiger partial charge in [0, 0.05) is 23.1 Å². The molecule has 1 heterocycles. The van der Waals surface area contributed by atoms with Gasteiger partial charge in [-0.05, 0) is 43.7 Å². The lowest BCUT2D eigenvalue weighted by molar-refractivity contribution is 0.0601. The van der Waals surface area contributed by atoms with Crippen molar-refractivity contribution in [3.63, 3.8) is 0 Å². The van der Waals surface area contributed by atoms with E-state index in [1.807, 2.05) is 50.2 Å². The van der Waals surface area contributed by atoms with E-state index >= 15 is 0 Å². The van der Waals surface area contributed by atoms with Gasteiger partial charge in [-0.1, -0.05) is 24.3 Å². The predicted molar refractivity (Wildman–Crippen MR) is 102 cm³/mol. The van der Waals surface area contributed by atoms with Crippen LogP contribution in [0.2, 0.25) is 0 Å². The molecule has 2 aromatic carbocycles. The van der Waals surface area contributed by atoms with E-state index in [1.165, 1.54) is 7.11 Å². The Balaban J connectivity index is 1.84. The standard InChI is InChI=1S/C20H20N4O2/c1-13-7-4-5-10-17(13)23-18-11-14(2)21-20(24-18)22-16-9-6-8-15(12-16)19(25)26-3/h4-12H,1-3H3,(H2,21,22,23,24). The van der Waals surface area contributed by atoms with Gasteiger partial charge >= 0.3 is 5.97 Å². The first-order valence-electron chi connectivity index (χ1n) is 8.19. The zero-order valence-electron chi connectivity index (χ0n) is 14.9. The highest BCUT2D eigenvalue weighted by Crippen LogP contribution is 2.22. The smallest absolute Gasteiger partial charge is 0.337 e. The van der Waals surface area contributed by atoms with Crippen molar-refractivity contribution < 1.29 is 9.53 Å². The Kier molecular flexibility index (Phi) is 5.12. The zero-order valence-corrected chi connectivity index (χ0v) is 14.9.